The lowest BCUT2D eigenvalue weighted by Gasteiger charge is -2.22. The van der Waals surface area contributed by atoms with Gasteiger partial charge in [0.05, 0.1) is 12.0 Å². The largest absolute Gasteiger partial charge is 0.424 e. The van der Waals surface area contributed by atoms with Gasteiger partial charge in [-0.15, -0.1) is 24.8 Å². The number of oxazole rings is 1. The molecule has 3 N–H and O–H groups in total. The second-order valence-corrected chi connectivity index (χ2v) is 7.98. The zero-order valence-corrected chi connectivity index (χ0v) is 17.5. The van der Waals surface area contributed by atoms with Crippen LogP contribution in [0.4, 0.5) is 11.7 Å². The Morgan fingerprint density at radius 2 is 2.00 bits per heavy atom. The molecule has 9 nitrogen and oxygen atoms in total. The standard InChI is InChI=1S/C16H20N6O3S.2ClH/c1-22-9-15(18-10-22)26(23,24)21-12-2-3-14-13(8-12)20-16(25-14)19-11-4-6-17-7-5-11;;/h2-3,8-11,17,21H,4-7H2,1H3,(H,19,20);2*1H. The molecule has 0 unspecified atom stereocenters. The Morgan fingerprint density at radius 3 is 2.68 bits per heavy atom. The second-order valence-electron chi connectivity index (χ2n) is 6.35. The van der Waals surface area contributed by atoms with Crippen LogP contribution < -0.4 is 15.4 Å². The highest BCUT2D eigenvalue weighted by atomic mass is 35.5. The summed E-state index contributed by atoms with van der Waals surface area (Å²) in [7, 11) is -2.03. The predicted octanol–water partition coefficient (Wildman–Crippen LogP) is 2.37. The van der Waals surface area contributed by atoms with Gasteiger partial charge in [-0.25, -0.2) is 4.98 Å². The Bertz CT molecular complexity index is 1030. The molecule has 12 heteroatoms. The number of hydrogen-bond donors (Lipinski definition) is 3. The van der Waals surface area contributed by atoms with E-state index in [2.05, 4.69) is 25.3 Å². The molecular formula is C16H22Cl2N6O3S. The zero-order chi connectivity index (χ0) is 18.1. The van der Waals surface area contributed by atoms with Crippen molar-refractivity contribution in [2.24, 2.45) is 7.05 Å². The minimum Gasteiger partial charge on any atom is -0.424 e. The van der Waals surface area contributed by atoms with Gasteiger partial charge in [-0.3, -0.25) is 4.72 Å². The average Bonchev–Trinajstić information content (AvgIpc) is 3.21. The van der Waals surface area contributed by atoms with Gasteiger partial charge in [0.2, 0.25) is 0 Å². The fraction of sp³-hybridized carbons (Fsp3) is 0.375. The fourth-order valence-corrected chi connectivity index (χ4v) is 3.96. The second kappa shape index (κ2) is 8.99. The molecule has 0 spiro atoms. The molecule has 1 saturated heterocycles. The summed E-state index contributed by atoms with van der Waals surface area (Å²) in [4.78, 5) is 8.30. The molecule has 0 amide bonds. The van der Waals surface area contributed by atoms with Gasteiger partial charge in [-0.05, 0) is 44.1 Å². The number of halogens is 2. The van der Waals surface area contributed by atoms with Crippen LogP contribution in [0.3, 0.4) is 0 Å². The highest BCUT2D eigenvalue weighted by molar-refractivity contribution is 7.92. The van der Waals surface area contributed by atoms with E-state index >= 15 is 0 Å². The number of aromatic nitrogens is 3. The maximum Gasteiger partial charge on any atom is 0.295 e. The molecule has 0 radical (unpaired) electrons. The van der Waals surface area contributed by atoms with Gasteiger partial charge in [0.1, 0.15) is 5.52 Å². The quantitative estimate of drug-likeness (QED) is 0.548. The molecule has 0 atom stereocenters. The maximum atomic E-state index is 12.4. The number of rotatable bonds is 5. The molecule has 154 valence electrons. The molecule has 1 aliphatic rings. The van der Waals surface area contributed by atoms with Crippen LogP contribution in [0.2, 0.25) is 0 Å². The molecule has 1 aromatic carbocycles. The van der Waals surface area contributed by atoms with Crippen molar-refractivity contribution < 1.29 is 12.8 Å². The number of hydrogen-bond acceptors (Lipinski definition) is 7. The van der Waals surface area contributed by atoms with Crippen LogP contribution in [0.1, 0.15) is 12.8 Å². The van der Waals surface area contributed by atoms with Gasteiger partial charge < -0.3 is 19.6 Å². The van der Waals surface area contributed by atoms with Gasteiger partial charge in [0, 0.05) is 19.3 Å². The molecule has 3 heterocycles. The summed E-state index contributed by atoms with van der Waals surface area (Å²) in [5, 5.41) is 6.57. The lowest BCUT2D eigenvalue weighted by Crippen LogP contribution is -2.35. The first-order valence-corrected chi connectivity index (χ1v) is 9.86. The molecule has 1 aliphatic heterocycles. The minimum atomic E-state index is -3.74. The first kappa shape index (κ1) is 22.3. The predicted molar refractivity (Wildman–Crippen MR) is 112 cm³/mol. The number of sulfonamides is 1. The fourth-order valence-electron chi connectivity index (χ4n) is 2.93. The molecular weight excluding hydrogens is 427 g/mol. The number of fused-ring (bicyclic) bond motifs is 1. The van der Waals surface area contributed by atoms with E-state index in [0.29, 0.717) is 28.8 Å². The monoisotopic (exact) mass is 448 g/mol. The van der Waals surface area contributed by atoms with Crippen LogP contribution in [-0.2, 0) is 17.1 Å². The summed E-state index contributed by atoms with van der Waals surface area (Å²) in [5.41, 5.74) is 1.59. The van der Waals surface area contributed by atoms with E-state index in [1.807, 2.05) is 0 Å². The number of piperidine rings is 1. The Kier molecular flexibility index (Phi) is 7.16. The zero-order valence-electron chi connectivity index (χ0n) is 15.1. The Morgan fingerprint density at radius 1 is 1.25 bits per heavy atom. The van der Waals surface area contributed by atoms with Crippen molar-refractivity contribution in [2.45, 2.75) is 23.9 Å². The van der Waals surface area contributed by atoms with E-state index < -0.39 is 10.0 Å². The van der Waals surface area contributed by atoms with E-state index in [9.17, 15) is 8.42 Å². The normalized spacial score (nSPS) is 14.9. The summed E-state index contributed by atoms with van der Waals surface area (Å²) in [6.45, 7) is 1.94. The van der Waals surface area contributed by atoms with Gasteiger partial charge in [-0.2, -0.15) is 13.4 Å². The van der Waals surface area contributed by atoms with Crippen molar-refractivity contribution in [2.75, 3.05) is 23.1 Å². The molecule has 1 fully saturated rings. The van der Waals surface area contributed by atoms with Crippen LogP contribution in [-0.4, -0.2) is 42.1 Å². The van der Waals surface area contributed by atoms with Crippen LogP contribution >= 0.6 is 24.8 Å². The minimum absolute atomic E-state index is 0. The topological polar surface area (TPSA) is 114 Å². The van der Waals surface area contributed by atoms with Crippen LogP contribution in [0, 0.1) is 0 Å². The SMILES string of the molecule is Cl.Cl.Cn1cnc(S(=O)(=O)Nc2ccc3oc(NC4CCNCC4)nc3c2)c1. The Balaban J connectivity index is 0.00000140. The average molecular weight is 449 g/mol. The third-order valence-corrected chi connectivity index (χ3v) is 5.53. The first-order chi connectivity index (χ1) is 12.5. The van der Waals surface area contributed by atoms with Gasteiger partial charge in [0.25, 0.3) is 16.0 Å². The lowest BCUT2D eigenvalue weighted by molar-refractivity contribution is 0.466. The molecule has 4 rings (SSSR count). The number of aryl methyl sites for hydroxylation is 1. The van der Waals surface area contributed by atoms with E-state index in [1.54, 1.807) is 29.8 Å². The van der Waals surface area contributed by atoms with Crippen molar-refractivity contribution in [3.63, 3.8) is 0 Å². The summed E-state index contributed by atoms with van der Waals surface area (Å²) in [6, 6.07) is 5.77. The van der Waals surface area contributed by atoms with Crippen molar-refractivity contribution in [3.05, 3.63) is 30.7 Å². The molecule has 0 saturated carbocycles. The van der Waals surface area contributed by atoms with Crippen LogP contribution in [0.5, 0.6) is 0 Å². The first-order valence-electron chi connectivity index (χ1n) is 8.38. The summed E-state index contributed by atoms with van der Waals surface area (Å²) < 4.78 is 34.5. The van der Waals surface area contributed by atoms with Crippen molar-refractivity contribution in [1.29, 1.82) is 0 Å². The highest BCUT2D eigenvalue weighted by Crippen LogP contribution is 2.25. The van der Waals surface area contributed by atoms with Gasteiger partial charge in [-0.1, -0.05) is 0 Å². The van der Waals surface area contributed by atoms with E-state index in [4.69, 9.17) is 4.42 Å². The van der Waals surface area contributed by atoms with Crippen LogP contribution in [0.25, 0.3) is 11.1 Å². The molecule has 2 aromatic heterocycles. The third kappa shape index (κ3) is 4.88. The van der Waals surface area contributed by atoms with Gasteiger partial charge >= 0.3 is 0 Å². The summed E-state index contributed by atoms with van der Waals surface area (Å²) in [6.07, 6.45) is 4.90. The summed E-state index contributed by atoms with van der Waals surface area (Å²) >= 11 is 0. The summed E-state index contributed by atoms with van der Waals surface area (Å²) in [5.74, 6) is 0. The smallest absolute Gasteiger partial charge is 0.295 e. The van der Waals surface area contributed by atoms with Gasteiger partial charge in [0.15, 0.2) is 10.6 Å². The number of benzene rings is 1. The lowest BCUT2D eigenvalue weighted by atomic mass is 10.1. The van der Waals surface area contributed by atoms with Crippen LogP contribution in [0.15, 0.2) is 40.2 Å². The molecule has 0 bridgehead atoms. The third-order valence-electron chi connectivity index (χ3n) is 4.26. The maximum absolute atomic E-state index is 12.4. The molecule has 3 aromatic rings. The highest BCUT2D eigenvalue weighted by Gasteiger charge is 2.19. The number of nitrogens with zero attached hydrogens (tertiary/aromatic N) is 3. The van der Waals surface area contributed by atoms with E-state index in [1.165, 1.54) is 12.5 Å². The number of nitrogens with one attached hydrogen (secondary N) is 3. The Labute approximate surface area is 175 Å². The number of anilines is 2. The van der Waals surface area contributed by atoms with E-state index in [0.717, 1.165) is 25.9 Å². The van der Waals surface area contributed by atoms with Crippen molar-refractivity contribution >= 4 is 57.6 Å². The van der Waals surface area contributed by atoms with Crippen molar-refractivity contribution in [1.82, 2.24) is 19.9 Å². The van der Waals surface area contributed by atoms with Crippen molar-refractivity contribution in [3.8, 4) is 0 Å². The molecule has 28 heavy (non-hydrogen) atoms. The molecule has 0 aliphatic carbocycles. The number of imidazole rings is 1. The van der Waals surface area contributed by atoms with E-state index in [-0.39, 0.29) is 29.8 Å². The Hall–Kier alpha value is -2.01.